The van der Waals surface area contributed by atoms with Crippen LogP contribution in [0.3, 0.4) is 0 Å². The van der Waals surface area contributed by atoms with Crippen LogP contribution in [0.5, 0.6) is 17.2 Å². The summed E-state index contributed by atoms with van der Waals surface area (Å²) in [6, 6.07) is 11.1. The summed E-state index contributed by atoms with van der Waals surface area (Å²) in [6.45, 7) is 0.863. The van der Waals surface area contributed by atoms with Crippen molar-refractivity contribution in [3.05, 3.63) is 47.0 Å². The van der Waals surface area contributed by atoms with Gasteiger partial charge in [-0.3, -0.25) is 14.6 Å². The fourth-order valence-corrected chi connectivity index (χ4v) is 4.36. The number of anilines is 1. The highest BCUT2D eigenvalue weighted by Crippen LogP contribution is 2.47. The van der Waals surface area contributed by atoms with Crippen LogP contribution in [-0.2, 0) is 4.79 Å². The number of amides is 1. The third kappa shape index (κ3) is 2.97. The molecule has 2 heterocycles. The molecule has 4 rings (SSSR count). The topological polar surface area (TPSA) is 51.2 Å². The quantitative estimate of drug-likeness (QED) is 0.759. The number of rotatable bonds is 5. The van der Waals surface area contributed by atoms with Crippen molar-refractivity contribution in [3.63, 3.8) is 0 Å². The van der Waals surface area contributed by atoms with Crippen molar-refractivity contribution < 1.29 is 19.0 Å². The number of nitrogens with zero attached hydrogens (tertiary/aromatic N) is 2. The van der Waals surface area contributed by atoms with Crippen LogP contribution >= 0.6 is 11.6 Å². The molecule has 2 aliphatic heterocycles. The maximum Gasteiger partial charge on any atom is 0.246 e. The lowest BCUT2D eigenvalue weighted by Crippen LogP contribution is -2.32. The van der Waals surface area contributed by atoms with E-state index in [1.807, 2.05) is 29.2 Å². The van der Waals surface area contributed by atoms with Crippen LogP contribution in [-0.4, -0.2) is 44.7 Å². The van der Waals surface area contributed by atoms with Gasteiger partial charge < -0.3 is 14.2 Å². The van der Waals surface area contributed by atoms with Gasteiger partial charge in [-0.15, -0.1) is 0 Å². The lowest BCUT2D eigenvalue weighted by atomic mass is 10.1. The molecule has 2 saturated heterocycles. The largest absolute Gasteiger partial charge is 0.493 e. The van der Waals surface area contributed by atoms with E-state index in [1.165, 1.54) is 0 Å². The van der Waals surface area contributed by atoms with Crippen LogP contribution in [0.1, 0.15) is 24.6 Å². The maximum atomic E-state index is 13.3. The first-order valence-electron chi connectivity index (χ1n) is 9.23. The Hall–Kier alpha value is -2.44. The Balaban J connectivity index is 1.85. The van der Waals surface area contributed by atoms with Gasteiger partial charge in [-0.1, -0.05) is 11.6 Å². The van der Waals surface area contributed by atoms with E-state index in [9.17, 15) is 4.79 Å². The van der Waals surface area contributed by atoms with E-state index in [1.54, 1.807) is 33.5 Å². The number of halogens is 1. The molecule has 2 aliphatic rings. The van der Waals surface area contributed by atoms with Crippen molar-refractivity contribution in [2.45, 2.75) is 25.0 Å². The molecule has 2 aromatic rings. The Morgan fingerprint density at radius 2 is 1.64 bits per heavy atom. The van der Waals surface area contributed by atoms with E-state index in [0.29, 0.717) is 22.3 Å². The van der Waals surface area contributed by atoms with Gasteiger partial charge in [-0.25, -0.2) is 0 Å². The van der Waals surface area contributed by atoms with E-state index in [-0.39, 0.29) is 18.1 Å². The van der Waals surface area contributed by atoms with Crippen LogP contribution in [0.15, 0.2) is 36.4 Å². The van der Waals surface area contributed by atoms with Gasteiger partial charge >= 0.3 is 0 Å². The highest BCUT2D eigenvalue weighted by molar-refractivity contribution is 6.30. The number of hydrogen-bond acceptors (Lipinski definition) is 5. The molecule has 2 fully saturated rings. The molecule has 0 saturated carbocycles. The van der Waals surface area contributed by atoms with Gasteiger partial charge in [-0.2, -0.15) is 0 Å². The third-order valence-corrected chi connectivity index (χ3v) is 5.72. The van der Waals surface area contributed by atoms with Gasteiger partial charge in [0.25, 0.3) is 0 Å². The first-order valence-corrected chi connectivity index (χ1v) is 9.61. The van der Waals surface area contributed by atoms with Gasteiger partial charge in [0.05, 0.1) is 27.4 Å². The first-order chi connectivity index (χ1) is 13.6. The lowest BCUT2D eigenvalue weighted by Gasteiger charge is -2.30. The van der Waals surface area contributed by atoms with Gasteiger partial charge in [0, 0.05) is 17.3 Å². The number of fused-ring (bicyclic) bond motifs is 1. The average molecular weight is 403 g/mol. The highest BCUT2D eigenvalue weighted by atomic mass is 35.5. The van der Waals surface area contributed by atoms with Crippen molar-refractivity contribution in [3.8, 4) is 17.2 Å². The van der Waals surface area contributed by atoms with Crippen LogP contribution in [0.25, 0.3) is 0 Å². The molecule has 28 heavy (non-hydrogen) atoms. The molecule has 148 valence electrons. The first kappa shape index (κ1) is 18.9. The molecular weight excluding hydrogens is 380 g/mol. The van der Waals surface area contributed by atoms with Crippen molar-refractivity contribution in [1.29, 1.82) is 0 Å². The predicted molar refractivity (Wildman–Crippen MR) is 108 cm³/mol. The third-order valence-electron chi connectivity index (χ3n) is 5.47. The smallest absolute Gasteiger partial charge is 0.246 e. The maximum absolute atomic E-state index is 13.3. The van der Waals surface area contributed by atoms with E-state index in [0.717, 1.165) is 30.6 Å². The van der Waals surface area contributed by atoms with E-state index in [2.05, 4.69) is 4.90 Å². The molecular formula is C21H23ClN2O4. The zero-order valence-electron chi connectivity index (χ0n) is 16.1. The number of methoxy groups -OCH3 is 3. The SMILES string of the molecule is COc1cc([C@H]2N(c3ccc(Cl)cc3)C(=O)[C@@H]3CCCN32)cc(OC)c1OC. The second kappa shape index (κ2) is 7.53. The molecule has 0 aliphatic carbocycles. The minimum atomic E-state index is -0.241. The zero-order chi connectivity index (χ0) is 19.8. The van der Waals surface area contributed by atoms with E-state index >= 15 is 0 Å². The van der Waals surface area contributed by atoms with Crippen LogP contribution in [0.4, 0.5) is 5.69 Å². The van der Waals surface area contributed by atoms with Crippen LogP contribution in [0.2, 0.25) is 5.02 Å². The molecule has 1 amide bonds. The molecule has 0 bridgehead atoms. The normalized spacial score (nSPS) is 21.7. The number of benzene rings is 2. The monoisotopic (exact) mass is 402 g/mol. The summed E-state index contributed by atoms with van der Waals surface area (Å²) in [4.78, 5) is 17.3. The summed E-state index contributed by atoms with van der Waals surface area (Å²) >= 11 is 6.06. The molecule has 6 nitrogen and oxygen atoms in total. The fourth-order valence-electron chi connectivity index (χ4n) is 4.24. The van der Waals surface area contributed by atoms with Gasteiger partial charge in [0.15, 0.2) is 11.5 Å². The molecule has 0 unspecified atom stereocenters. The molecule has 7 heteroatoms. The van der Waals surface area contributed by atoms with E-state index in [4.69, 9.17) is 25.8 Å². The Labute approximate surface area is 169 Å². The lowest BCUT2D eigenvalue weighted by molar-refractivity contribution is -0.119. The fraction of sp³-hybridized carbons (Fsp3) is 0.381. The molecule has 2 atom stereocenters. The molecule has 0 N–H and O–H groups in total. The Kier molecular flexibility index (Phi) is 5.08. The minimum Gasteiger partial charge on any atom is -0.493 e. The molecule has 0 radical (unpaired) electrons. The predicted octanol–water partition coefficient (Wildman–Crippen LogP) is 3.88. The van der Waals surface area contributed by atoms with Crippen LogP contribution in [0, 0.1) is 0 Å². The Morgan fingerprint density at radius 1 is 1.00 bits per heavy atom. The summed E-state index contributed by atoms with van der Waals surface area (Å²) in [6.07, 6.45) is 1.63. The number of carbonyl (C=O) groups excluding carboxylic acids is 1. The number of ether oxygens (including phenoxy) is 3. The van der Waals surface area contributed by atoms with Crippen molar-refractivity contribution in [2.75, 3.05) is 32.8 Å². The van der Waals surface area contributed by atoms with Crippen molar-refractivity contribution >= 4 is 23.2 Å². The number of carbonyl (C=O) groups is 1. The second-order valence-corrected chi connectivity index (χ2v) is 7.35. The van der Waals surface area contributed by atoms with Gasteiger partial charge in [0.2, 0.25) is 11.7 Å². The summed E-state index contributed by atoms with van der Waals surface area (Å²) < 4.78 is 16.5. The Bertz CT molecular complexity index is 861. The summed E-state index contributed by atoms with van der Waals surface area (Å²) in [7, 11) is 4.77. The van der Waals surface area contributed by atoms with Crippen molar-refractivity contribution in [2.24, 2.45) is 0 Å². The Morgan fingerprint density at radius 3 is 2.21 bits per heavy atom. The summed E-state index contributed by atoms with van der Waals surface area (Å²) in [5, 5.41) is 0.639. The van der Waals surface area contributed by atoms with E-state index < -0.39 is 0 Å². The molecule has 2 aromatic carbocycles. The van der Waals surface area contributed by atoms with Crippen LogP contribution < -0.4 is 19.1 Å². The summed E-state index contributed by atoms with van der Waals surface area (Å²) in [5.41, 5.74) is 1.74. The second-order valence-electron chi connectivity index (χ2n) is 6.91. The van der Waals surface area contributed by atoms with Gasteiger partial charge in [-0.05, 0) is 54.8 Å². The standard InChI is InChI=1S/C21H23ClN2O4/c1-26-17-11-13(12-18(27-2)19(17)28-3)20-23-10-4-5-16(23)21(25)24(20)15-8-6-14(22)7-9-15/h6-9,11-12,16,20H,4-5,10H2,1-3H3/t16-,20+/m0/s1. The average Bonchev–Trinajstić information content (AvgIpc) is 3.29. The molecule has 0 aromatic heterocycles. The van der Waals surface area contributed by atoms with Crippen molar-refractivity contribution in [1.82, 2.24) is 4.90 Å². The van der Waals surface area contributed by atoms with Gasteiger partial charge in [0.1, 0.15) is 6.17 Å². The molecule has 0 spiro atoms. The highest BCUT2D eigenvalue weighted by Gasteiger charge is 2.49. The summed E-state index contributed by atoms with van der Waals surface area (Å²) in [5.74, 6) is 1.79. The zero-order valence-corrected chi connectivity index (χ0v) is 16.9. The number of hydrogen-bond donors (Lipinski definition) is 0. The minimum absolute atomic E-state index is 0.110.